The van der Waals surface area contributed by atoms with Crippen molar-refractivity contribution in [2.75, 3.05) is 31.2 Å². The molecule has 0 aliphatic carbocycles. The summed E-state index contributed by atoms with van der Waals surface area (Å²) < 4.78 is 11.1. The largest absolute Gasteiger partial charge is 0.440 e. The number of carbonyl (C=O) groups is 2. The zero-order valence-electron chi connectivity index (χ0n) is 16.9. The van der Waals surface area contributed by atoms with E-state index in [-0.39, 0.29) is 11.8 Å². The summed E-state index contributed by atoms with van der Waals surface area (Å²) in [5.41, 5.74) is 2.85. The number of hydrogen-bond acceptors (Lipinski definition) is 6. The van der Waals surface area contributed by atoms with Crippen LogP contribution in [-0.4, -0.2) is 50.4 Å². The molecule has 1 saturated heterocycles. The Morgan fingerprint density at radius 1 is 1.20 bits per heavy atom. The summed E-state index contributed by atoms with van der Waals surface area (Å²) in [6.45, 7) is 6.54. The Labute approximate surface area is 180 Å². The molecule has 30 heavy (non-hydrogen) atoms. The number of rotatable bonds is 7. The number of carbonyl (C=O) groups excluding carboxylic acids is 2. The van der Waals surface area contributed by atoms with Gasteiger partial charge in [0.15, 0.2) is 5.88 Å². The van der Waals surface area contributed by atoms with E-state index in [4.69, 9.17) is 20.8 Å². The predicted molar refractivity (Wildman–Crippen MR) is 115 cm³/mol. The maximum absolute atomic E-state index is 12.5. The van der Waals surface area contributed by atoms with Crippen LogP contribution in [0.4, 0.5) is 5.88 Å². The van der Waals surface area contributed by atoms with E-state index in [0.29, 0.717) is 29.6 Å². The molecule has 1 fully saturated rings. The van der Waals surface area contributed by atoms with Gasteiger partial charge in [0.05, 0.1) is 19.4 Å². The van der Waals surface area contributed by atoms with Gasteiger partial charge in [-0.3, -0.25) is 9.59 Å². The zero-order valence-corrected chi connectivity index (χ0v) is 17.7. The van der Waals surface area contributed by atoms with Crippen LogP contribution in [0.25, 0.3) is 0 Å². The highest BCUT2D eigenvalue weighted by molar-refractivity contribution is 6.31. The summed E-state index contributed by atoms with van der Waals surface area (Å²) in [5.74, 6) is 0.314. The van der Waals surface area contributed by atoms with Gasteiger partial charge in [0.1, 0.15) is 11.8 Å². The van der Waals surface area contributed by atoms with Crippen molar-refractivity contribution in [2.24, 2.45) is 11.0 Å². The summed E-state index contributed by atoms with van der Waals surface area (Å²) >= 11 is 5.93. The highest BCUT2D eigenvalue weighted by atomic mass is 35.5. The number of nitrogens with zero attached hydrogens (tertiary/aromatic N) is 2. The maximum Gasteiger partial charge on any atom is 0.262 e. The van der Waals surface area contributed by atoms with Crippen molar-refractivity contribution in [1.82, 2.24) is 10.7 Å². The molecule has 2 aromatic rings. The Hall–Kier alpha value is -2.84. The summed E-state index contributed by atoms with van der Waals surface area (Å²) in [7, 11) is 0. The standard InChI is InChI=1S/C21H25ClN4O4/c1-14(2)19(24-20(27)15-4-3-5-16(22)12-15)21(28)25-23-13-17-6-7-18(30-17)26-8-10-29-11-9-26/h3-7,12-14,19H,8-11H2,1-2H3,(H,24,27)(H,25,28)/b23-13-. The van der Waals surface area contributed by atoms with Gasteiger partial charge in [0.2, 0.25) is 0 Å². The van der Waals surface area contributed by atoms with Gasteiger partial charge in [-0.25, -0.2) is 5.43 Å². The normalized spacial score (nSPS) is 15.4. The molecule has 8 nitrogen and oxygen atoms in total. The molecule has 3 rings (SSSR count). The average molecular weight is 433 g/mol. The first-order valence-electron chi connectivity index (χ1n) is 9.76. The number of nitrogens with one attached hydrogen (secondary N) is 2. The Morgan fingerprint density at radius 3 is 2.67 bits per heavy atom. The molecule has 0 spiro atoms. The molecule has 1 unspecified atom stereocenters. The van der Waals surface area contributed by atoms with Crippen molar-refractivity contribution < 1.29 is 18.7 Å². The number of halogens is 1. The number of hydrogen-bond donors (Lipinski definition) is 2. The fourth-order valence-electron chi connectivity index (χ4n) is 2.98. The average Bonchev–Trinajstić information content (AvgIpc) is 3.21. The van der Waals surface area contributed by atoms with E-state index in [1.165, 1.54) is 6.21 Å². The second-order valence-corrected chi connectivity index (χ2v) is 7.65. The van der Waals surface area contributed by atoms with Crippen LogP contribution in [-0.2, 0) is 9.53 Å². The monoisotopic (exact) mass is 432 g/mol. The molecular formula is C21H25ClN4O4. The molecule has 1 atom stereocenters. The van der Waals surface area contributed by atoms with Gasteiger partial charge < -0.3 is 19.4 Å². The highest BCUT2D eigenvalue weighted by Gasteiger charge is 2.24. The molecule has 1 aliphatic rings. The fraction of sp³-hybridized carbons (Fsp3) is 0.381. The minimum absolute atomic E-state index is 0.139. The number of hydrazone groups is 1. The molecule has 0 bridgehead atoms. The lowest BCUT2D eigenvalue weighted by atomic mass is 10.0. The van der Waals surface area contributed by atoms with E-state index in [1.807, 2.05) is 19.9 Å². The van der Waals surface area contributed by atoms with E-state index >= 15 is 0 Å². The van der Waals surface area contributed by atoms with Crippen LogP contribution in [0.3, 0.4) is 0 Å². The van der Waals surface area contributed by atoms with Crippen LogP contribution in [0.15, 0.2) is 45.9 Å². The lowest BCUT2D eigenvalue weighted by Crippen LogP contribution is -2.48. The van der Waals surface area contributed by atoms with Crippen molar-refractivity contribution in [3.8, 4) is 0 Å². The summed E-state index contributed by atoms with van der Waals surface area (Å²) in [5, 5.41) is 7.15. The number of morpholine rings is 1. The summed E-state index contributed by atoms with van der Waals surface area (Å²) in [6.07, 6.45) is 1.43. The topological polar surface area (TPSA) is 96.2 Å². The quantitative estimate of drug-likeness (QED) is 0.518. The number of benzene rings is 1. The van der Waals surface area contributed by atoms with Crippen LogP contribution in [0.1, 0.15) is 30.0 Å². The molecular weight excluding hydrogens is 408 g/mol. The fourth-order valence-corrected chi connectivity index (χ4v) is 3.17. The first-order chi connectivity index (χ1) is 14.4. The molecule has 160 valence electrons. The lowest BCUT2D eigenvalue weighted by Gasteiger charge is -2.26. The Bertz CT molecular complexity index is 906. The van der Waals surface area contributed by atoms with Crippen LogP contribution in [0.2, 0.25) is 5.02 Å². The Balaban J connectivity index is 1.57. The number of ether oxygens (including phenoxy) is 1. The van der Waals surface area contributed by atoms with Crippen LogP contribution in [0.5, 0.6) is 0 Å². The lowest BCUT2D eigenvalue weighted by molar-refractivity contribution is -0.123. The SMILES string of the molecule is CC(C)C(NC(=O)c1cccc(Cl)c1)C(=O)N/N=C\c1ccc(N2CCOCC2)o1. The van der Waals surface area contributed by atoms with E-state index in [9.17, 15) is 9.59 Å². The van der Waals surface area contributed by atoms with E-state index in [0.717, 1.165) is 19.0 Å². The number of anilines is 1. The molecule has 2 N–H and O–H groups in total. The second-order valence-electron chi connectivity index (χ2n) is 7.22. The minimum atomic E-state index is -0.755. The molecule has 0 radical (unpaired) electrons. The highest BCUT2D eigenvalue weighted by Crippen LogP contribution is 2.18. The predicted octanol–water partition coefficient (Wildman–Crippen LogP) is 2.67. The zero-order chi connectivity index (χ0) is 21.5. The first-order valence-corrected chi connectivity index (χ1v) is 10.1. The Kier molecular flexibility index (Phi) is 7.48. The van der Waals surface area contributed by atoms with Gasteiger partial charge in [0.25, 0.3) is 11.8 Å². The van der Waals surface area contributed by atoms with Gasteiger partial charge in [0, 0.05) is 29.7 Å². The van der Waals surface area contributed by atoms with Crippen molar-refractivity contribution >= 4 is 35.5 Å². The third-order valence-corrected chi connectivity index (χ3v) is 4.86. The van der Waals surface area contributed by atoms with Gasteiger partial charge >= 0.3 is 0 Å². The second kappa shape index (κ2) is 10.3. The number of furan rings is 1. The third-order valence-electron chi connectivity index (χ3n) is 4.62. The van der Waals surface area contributed by atoms with Crippen molar-refractivity contribution in [2.45, 2.75) is 19.9 Å². The first kappa shape index (κ1) is 21.9. The van der Waals surface area contributed by atoms with E-state index < -0.39 is 11.9 Å². The number of amides is 2. The van der Waals surface area contributed by atoms with Crippen LogP contribution >= 0.6 is 11.6 Å². The molecule has 2 amide bonds. The van der Waals surface area contributed by atoms with Crippen LogP contribution in [0, 0.1) is 5.92 Å². The van der Waals surface area contributed by atoms with Gasteiger partial charge in [-0.2, -0.15) is 5.10 Å². The van der Waals surface area contributed by atoms with Crippen molar-refractivity contribution in [1.29, 1.82) is 0 Å². The van der Waals surface area contributed by atoms with Crippen molar-refractivity contribution in [3.63, 3.8) is 0 Å². The molecule has 2 heterocycles. The van der Waals surface area contributed by atoms with Crippen LogP contribution < -0.4 is 15.6 Å². The van der Waals surface area contributed by atoms with E-state index in [2.05, 4.69) is 20.7 Å². The van der Waals surface area contributed by atoms with Gasteiger partial charge in [-0.15, -0.1) is 0 Å². The molecule has 1 aliphatic heterocycles. The molecule has 0 saturated carbocycles. The summed E-state index contributed by atoms with van der Waals surface area (Å²) in [4.78, 5) is 27.1. The van der Waals surface area contributed by atoms with Gasteiger partial charge in [-0.05, 0) is 30.2 Å². The maximum atomic E-state index is 12.5. The van der Waals surface area contributed by atoms with E-state index in [1.54, 1.807) is 30.3 Å². The Morgan fingerprint density at radius 2 is 1.97 bits per heavy atom. The summed E-state index contributed by atoms with van der Waals surface area (Å²) in [6, 6.07) is 9.43. The smallest absolute Gasteiger partial charge is 0.262 e. The molecule has 9 heteroatoms. The minimum Gasteiger partial charge on any atom is -0.440 e. The molecule has 1 aromatic heterocycles. The molecule has 1 aromatic carbocycles. The van der Waals surface area contributed by atoms with Gasteiger partial charge in [-0.1, -0.05) is 31.5 Å². The van der Waals surface area contributed by atoms with Crippen molar-refractivity contribution in [3.05, 3.63) is 52.7 Å². The third kappa shape index (κ3) is 5.84.